The first-order chi connectivity index (χ1) is 20.4. The second kappa shape index (κ2) is 9.76. The third-order valence-corrected chi connectivity index (χ3v) is 14.0. The lowest BCUT2D eigenvalue weighted by Gasteiger charge is -2.68. The number of carbonyl (C=O) groups is 4. The molecule has 0 aromatic heterocycles. The average molecular weight is 657 g/mol. The van der Waals surface area contributed by atoms with Crippen LogP contribution in [0.4, 0.5) is 13.2 Å². The Bertz CT molecular complexity index is 1550. The van der Waals surface area contributed by atoms with Crippen LogP contribution in [0.5, 0.6) is 0 Å². The van der Waals surface area contributed by atoms with Crippen molar-refractivity contribution < 1.29 is 49.7 Å². The van der Waals surface area contributed by atoms with Gasteiger partial charge in [-0.3, -0.25) is 19.2 Å². The monoisotopic (exact) mass is 656 g/mol. The normalized spacial score (nSPS) is 41.7. The van der Waals surface area contributed by atoms with E-state index in [0.717, 1.165) is 6.42 Å². The Morgan fingerprint density at radius 1 is 0.933 bits per heavy atom. The van der Waals surface area contributed by atoms with Gasteiger partial charge in [-0.15, -0.1) is 0 Å². The molecule has 0 spiro atoms. The Hall–Kier alpha value is -2.50. The molecule has 12 heteroatoms. The van der Waals surface area contributed by atoms with Gasteiger partial charge in [0.15, 0.2) is 17.3 Å². The molecule has 0 aromatic rings. The third kappa shape index (κ3) is 4.31. The van der Waals surface area contributed by atoms with Crippen molar-refractivity contribution in [2.24, 2.45) is 50.2 Å². The van der Waals surface area contributed by atoms with Crippen molar-refractivity contribution in [2.45, 2.75) is 98.9 Å². The van der Waals surface area contributed by atoms with Crippen LogP contribution in [-0.2, 0) is 38.2 Å². The zero-order valence-electron chi connectivity index (χ0n) is 27.1. The molecule has 5 aliphatic rings. The van der Waals surface area contributed by atoms with Crippen LogP contribution in [0.2, 0.25) is 0 Å². The number of esters is 1. The van der Waals surface area contributed by atoms with Crippen LogP contribution in [0.1, 0.15) is 93.4 Å². The minimum Gasteiger partial charge on any atom is -0.469 e. The molecule has 0 unspecified atom stereocenters. The number of carbonyl (C=O) groups excluding carboxylic acids is 4. The van der Waals surface area contributed by atoms with Crippen molar-refractivity contribution in [1.29, 1.82) is 0 Å². The molecule has 7 atom stereocenters. The van der Waals surface area contributed by atoms with E-state index in [1.807, 2.05) is 6.92 Å². The first-order valence-electron chi connectivity index (χ1n) is 15.5. The molecule has 0 bridgehead atoms. The van der Waals surface area contributed by atoms with Crippen LogP contribution in [0.25, 0.3) is 0 Å². The summed E-state index contributed by atoms with van der Waals surface area (Å²) in [5, 5.41) is 0. The maximum absolute atomic E-state index is 14.5. The van der Waals surface area contributed by atoms with Gasteiger partial charge in [-0.2, -0.15) is 21.6 Å². The van der Waals surface area contributed by atoms with Crippen LogP contribution in [0.3, 0.4) is 0 Å². The summed E-state index contributed by atoms with van der Waals surface area (Å²) in [5.41, 5.74) is -11.2. The van der Waals surface area contributed by atoms with Gasteiger partial charge in [-0.05, 0) is 91.6 Å². The van der Waals surface area contributed by atoms with Gasteiger partial charge in [-0.1, -0.05) is 41.5 Å². The lowest BCUT2D eigenvalue weighted by Crippen LogP contribution is -2.67. The van der Waals surface area contributed by atoms with Gasteiger partial charge in [0.05, 0.1) is 23.5 Å². The molecule has 45 heavy (non-hydrogen) atoms. The number of hydrogen-bond acceptors (Lipinski definition) is 8. The Morgan fingerprint density at radius 2 is 1.53 bits per heavy atom. The number of methoxy groups -OCH3 is 1. The molecule has 250 valence electrons. The number of ether oxygens (including phenoxy) is 1. The molecule has 0 radical (unpaired) electrons. The molecule has 5 rings (SSSR count). The standard InChI is InChI=1S/C33H43F3O8S/c1-27(2)11-13-32(26(40)43-8)14-12-30(6)23(19(32)16-27)20(37)15-22-29(30,5)10-9-21-28(3,4)24(38)18(25(39)31(21,22)7)17-44-45(41,42)33(34,35)36/h15,17,19,21,23H,9-14,16H2,1-8H3/b18-17-/t19-,21-,23-,29+,30+,31-,32-/m0/s1. The van der Waals surface area contributed by atoms with Crippen molar-refractivity contribution in [3.05, 3.63) is 23.5 Å². The number of ketones is 3. The lowest BCUT2D eigenvalue weighted by molar-refractivity contribution is -0.192. The molecule has 0 aliphatic heterocycles. The number of fused-ring (bicyclic) bond motifs is 7. The molecule has 0 amide bonds. The predicted molar refractivity (Wildman–Crippen MR) is 156 cm³/mol. The average Bonchev–Trinajstić information content (AvgIpc) is 2.92. The fraction of sp³-hybridized carbons (Fsp3) is 0.758. The van der Waals surface area contributed by atoms with Gasteiger partial charge in [-0.25, -0.2) is 0 Å². The first-order valence-corrected chi connectivity index (χ1v) is 16.9. The zero-order valence-corrected chi connectivity index (χ0v) is 28.0. The van der Waals surface area contributed by atoms with E-state index >= 15 is 0 Å². The van der Waals surface area contributed by atoms with Gasteiger partial charge in [0.2, 0.25) is 0 Å². The lowest BCUT2D eigenvalue weighted by atomic mass is 9.33. The SMILES string of the molecule is COC(=O)[C@]12CCC(C)(C)C[C@H]1[C@H]1C(=O)C=C3[C@@]4(C)C(=O)/C(=C\OS(=O)(=O)C(F)(F)F)C(=O)C(C)(C)[C@@H]4CC[C@@]3(C)[C@]1(C)CC2. The first kappa shape index (κ1) is 33.9. The van der Waals surface area contributed by atoms with Crippen molar-refractivity contribution in [2.75, 3.05) is 7.11 Å². The fourth-order valence-corrected chi connectivity index (χ4v) is 10.8. The number of alkyl halides is 3. The molecule has 0 aromatic carbocycles. The van der Waals surface area contributed by atoms with E-state index in [0.29, 0.717) is 44.1 Å². The summed E-state index contributed by atoms with van der Waals surface area (Å²) in [7, 11) is -4.75. The summed E-state index contributed by atoms with van der Waals surface area (Å²) in [4.78, 5) is 55.9. The third-order valence-electron chi connectivity index (χ3n) is 13.1. The second-order valence-electron chi connectivity index (χ2n) is 16.0. The molecule has 4 fully saturated rings. The number of rotatable bonds is 3. The van der Waals surface area contributed by atoms with Gasteiger partial charge in [0, 0.05) is 11.3 Å². The Kier molecular flexibility index (Phi) is 7.34. The summed E-state index contributed by atoms with van der Waals surface area (Å²) in [6.07, 6.45) is 5.66. The second-order valence-corrected chi connectivity index (χ2v) is 17.6. The number of allylic oxidation sites excluding steroid dienone is 3. The number of hydrogen-bond donors (Lipinski definition) is 0. The topological polar surface area (TPSA) is 121 Å². The highest BCUT2D eigenvalue weighted by Gasteiger charge is 2.73. The molecule has 0 heterocycles. The van der Waals surface area contributed by atoms with E-state index < -0.39 is 71.7 Å². The molecule has 8 nitrogen and oxygen atoms in total. The Labute approximate surface area is 262 Å². The fourth-order valence-electron chi connectivity index (χ4n) is 10.4. The summed E-state index contributed by atoms with van der Waals surface area (Å²) in [6.45, 7) is 13.1. The molecule has 0 N–H and O–H groups in total. The highest BCUT2D eigenvalue weighted by Crippen LogP contribution is 2.74. The molecular formula is C33H43F3O8S. The summed E-state index contributed by atoms with van der Waals surface area (Å²) in [6, 6.07) is 0. The predicted octanol–water partition coefficient (Wildman–Crippen LogP) is 6.25. The van der Waals surface area contributed by atoms with Crippen LogP contribution >= 0.6 is 0 Å². The van der Waals surface area contributed by atoms with Crippen LogP contribution in [-0.4, -0.2) is 44.4 Å². The zero-order chi connectivity index (χ0) is 34.0. The largest absolute Gasteiger partial charge is 0.534 e. The van der Waals surface area contributed by atoms with E-state index in [1.54, 1.807) is 20.8 Å². The minimum atomic E-state index is -6.12. The van der Waals surface area contributed by atoms with Gasteiger partial charge >= 0.3 is 21.6 Å². The highest BCUT2D eigenvalue weighted by molar-refractivity contribution is 7.87. The molecule has 4 saturated carbocycles. The van der Waals surface area contributed by atoms with Crippen LogP contribution < -0.4 is 0 Å². The number of halogens is 3. The molecular weight excluding hydrogens is 613 g/mol. The summed E-state index contributed by atoms with van der Waals surface area (Å²) < 4.78 is 72.1. The van der Waals surface area contributed by atoms with Crippen molar-refractivity contribution in [1.82, 2.24) is 0 Å². The van der Waals surface area contributed by atoms with Gasteiger partial charge in [0.1, 0.15) is 6.26 Å². The van der Waals surface area contributed by atoms with Crippen molar-refractivity contribution in [3.63, 3.8) is 0 Å². The Balaban J connectivity index is 1.67. The maximum Gasteiger partial charge on any atom is 0.534 e. The Morgan fingerprint density at radius 3 is 2.11 bits per heavy atom. The van der Waals surface area contributed by atoms with E-state index in [-0.39, 0.29) is 29.3 Å². The molecule has 0 saturated heterocycles. The summed E-state index contributed by atoms with van der Waals surface area (Å²) in [5.74, 6) is -3.64. The van der Waals surface area contributed by atoms with Crippen molar-refractivity contribution >= 4 is 33.4 Å². The summed E-state index contributed by atoms with van der Waals surface area (Å²) >= 11 is 0. The van der Waals surface area contributed by atoms with Gasteiger partial charge in [0.25, 0.3) is 0 Å². The van der Waals surface area contributed by atoms with Crippen molar-refractivity contribution in [3.8, 4) is 0 Å². The highest BCUT2D eigenvalue weighted by atomic mass is 32.2. The van der Waals surface area contributed by atoms with Crippen LogP contribution in [0, 0.1) is 50.2 Å². The number of Topliss-reactive ketones (excluding diaryl/α,β-unsaturated/α-hetero) is 2. The minimum absolute atomic E-state index is 0.116. The van der Waals surface area contributed by atoms with E-state index in [9.17, 15) is 40.8 Å². The van der Waals surface area contributed by atoms with E-state index in [4.69, 9.17) is 4.74 Å². The van der Waals surface area contributed by atoms with Crippen LogP contribution in [0.15, 0.2) is 23.5 Å². The smallest absolute Gasteiger partial charge is 0.469 e. The molecule has 5 aliphatic carbocycles. The van der Waals surface area contributed by atoms with Gasteiger partial charge < -0.3 is 8.92 Å². The van der Waals surface area contributed by atoms with E-state index in [1.165, 1.54) is 13.2 Å². The quantitative estimate of drug-likeness (QED) is 0.0874. The van der Waals surface area contributed by atoms with E-state index in [2.05, 4.69) is 25.0 Å². The maximum atomic E-state index is 14.5.